The first-order chi connectivity index (χ1) is 27.4. The van der Waals surface area contributed by atoms with Gasteiger partial charge in [-0.1, -0.05) is 12.1 Å². The van der Waals surface area contributed by atoms with Crippen molar-refractivity contribution in [2.24, 2.45) is 5.73 Å². The van der Waals surface area contributed by atoms with E-state index in [4.69, 9.17) is 33.5 Å². The Labute approximate surface area is 330 Å². The summed E-state index contributed by atoms with van der Waals surface area (Å²) in [4.78, 5) is 11.4. The number of hydrogen-bond acceptors (Lipinski definition) is 16. The molecular formula is C40H40N8O6S2. The summed E-state index contributed by atoms with van der Waals surface area (Å²) in [6.07, 6.45) is 0.967. The summed E-state index contributed by atoms with van der Waals surface area (Å²) in [7, 11) is 7.33. The van der Waals surface area contributed by atoms with Crippen LogP contribution in [0.5, 0.6) is 23.0 Å². The zero-order chi connectivity index (χ0) is 38.9. The summed E-state index contributed by atoms with van der Waals surface area (Å²) in [6.45, 7) is 2.47. The van der Waals surface area contributed by atoms with Crippen molar-refractivity contribution >= 4 is 43.1 Å². The summed E-state index contributed by atoms with van der Waals surface area (Å²) >= 11 is 3.19. The van der Waals surface area contributed by atoms with Crippen LogP contribution in [-0.2, 0) is 12.8 Å². The van der Waals surface area contributed by atoms with E-state index in [1.165, 1.54) is 0 Å². The van der Waals surface area contributed by atoms with Crippen LogP contribution < -0.4 is 24.7 Å². The van der Waals surface area contributed by atoms with E-state index in [1.54, 1.807) is 36.9 Å². The first-order valence-corrected chi connectivity index (χ1v) is 19.3. The first-order valence-electron chi connectivity index (χ1n) is 17.7. The van der Waals surface area contributed by atoms with Gasteiger partial charge in [-0.05, 0) is 86.9 Å². The predicted molar refractivity (Wildman–Crippen MR) is 216 cm³/mol. The van der Waals surface area contributed by atoms with Crippen molar-refractivity contribution in [1.82, 2.24) is 35.3 Å². The molecule has 16 heteroatoms. The highest BCUT2D eigenvalue weighted by molar-refractivity contribution is 7.19. The molecule has 0 spiro atoms. The number of benzene rings is 4. The number of rotatable bonds is 15. The van der Waals surface area contributed by atoms with Gasteiger partial charge in [-0.3, -0.25) is 0 Å². The van der Waals surface area contributed by atoms with Crippen LogP contribution in [0.15, 0.2) is 93.8 Å². The third-order valence-electron chi connectivity index (χ3n) is 8.23. The van der Waals surface area contributed by atoms with Gasteiger partial charge in [0.05, 0.1) is 36.5 Å². The number of thiazole rings is 2. The maximum atomic E-state index is 5.84. The molecule has 0 bridgehead atoms. The highest BCUT2D eigenvalue weighted by atomic mass is 32.1. The Morgan fingerprint density at radius 3 is 1.50 bits per heavy atom. The Bertz CT molecular complexity index is 2480. The van der Waals surface area contributed by atoms with E-state index in [0.717, 1.165) is 71.1 Å². The van der Waals surface area contributed by atoms with E-state index in [-0.39, 0.29) is 0 Å². The van der Waals surface area contributed by atoms with Gasteiger partial charge in [0, 0.05) is 24.2 Å². The van der Waals surface area contributed by atoms with Crippen molar-refractivity contribution in [3.05, 3.63) is 107 Å². The maximum absolute atomic E-state index is 5.84. The number of para-hydroxylation sites is 2. The third kappa shape index (κ3) is 9.46. The van der Waals surface area contributed by atoms with Crippen LogP contribution in [0.1, 0.15) is 21.8 Å². The smallest absolute Gasteiger partial charge is 0.247 e. The Morgan fingerprint density at radius 1 is 0.607 bits per heavy atom. The molecule has 288 valence electrons. The molecule has 56 heavy (non-hydrogen) atoms. The largest absolute Gasteiger partial charge is 0.494 e. The summed E-state index contributed by atoms with van der Waals surface area (Å²) < 4.78 is 35.7. The van der Waals surface area contributed by atoms with Crippen LogP contribution in [0.4, 0.5) is 0 Å². The molecule has 0 unspecified atom stereocenters. The van der Waals surface area contributed by atoms with E-state index >= 15 is 0 Å². The standard InChI is InChI=1S/C21H22N4O3S.C19H18N4O3S/c1-25(2)11-12-27-15-9-7-14(8-10-15)21-24-23-18(28-21)13-19-22-20-16(26-3)5-4-6-17(20)29-19;1-24-14-3-2-4-15-18(14)21-17(27-15)11-16-22-23-19(26-16)12-5-7-13(8-6-12)25-10-9-20/h4-10H,11-13H2,1-3H3;2-8H,9-11,20H2,1H3. The zero-order valence-electron chi connectivity index (χ0n) is 31.3. The summed E-state index contributed by atoms with van der Waals surface area (Å²) in [6, 6.07) is 26.9. The fourth-order valence-electron chi connectivity index (χ4n) is 5.47. The number of nitrogens with two attached hydrogens (primary N) is 1. The number of aromatic nitrogens is 6. The van der Waals surface area contributed by atoms with Crippen LogP contribution in [-0.4, -0.2) is 89.9 Å². The quantitative estimate of drug-likeness (QED) is 0.111. The molecule has 4 aromatic carbocycles. The van der Waals surface area contributed by atoms with E-state index in [2.05, 4.69) is 35.3 Å². The summed E-state index contributed by atoms with van der Waals surface area (Å²) in [5.41, 5.74) is 8.84. The fourth-order valence-corrected chi connectivity index (χ4v) is 7.42. The number of ether oxygens (including phenoxy) is 4. The molecule has 0 saturated heterocycles. The molecule has 4 aromatic heterocycles. The van der Waals surface area contributed by atoms with Crippen molar-refractivity contribution in [3.8, 4) is 45.9 Å². The maximum Gasteiger partial charge on any atom is 0.247 e. The van der Waals surface area contributed by atoms with Gasteiger partial charge in [-0.2, -0.15) is 0 Å². The SMILES string of the molecule is COc1cccc2sc(Cc3nnc(-c4ccc(OCCN(C)C)cc4)o3)nc12.COc1cccc2sc(Cc3nnc(-c4ccc(OCCN)cc4)o3)nc12. The molecule has 4 heterocycles. The summed E-state index contributed by atoms with van der Waals surface area (Å²) in [5.74, 6) is 5.11. The van der Waals surface area contributed by atoms with Crippen LogP contribution in [0, 0.1) is 0 Å². The Kier molecular flexibility index (Phi) is 12.4. The van der Waals surface area contributed by atoms with Gasteiger partial charge in [0.25, 0.3) is 0 Å². The van der Waals surface area contributed by atoms with Gasteiger partial charge in [0.1, 0.15) is 57.3 Å². The lowest BCUT2D eigenvalue weighted by Gasteiger charge is -2.10. The van der Waals surface area contributed by atoms with Crippen molar-refractivity contribution < 1.29 is 27.8 Å². The molecule has 0 saturated carbocycles. The molecule has 0 aliphatic carbocycles. The van der Waals surface area contributed by atoms with E-state index in [1.807, 2.05) is 99.0 Å². The molecule has 0 atom stereocenters. The normalized spacial score (nSPS) is 11.2. The van der Waals surface area contributed by atoms with Crippen LogP contribution in [0.25, 0.3) is 43.3 Å². The molecule has 0 aliphatic rings. The molecule has 14 nitrogen and oxygen atoms in total. The van der Waals surface area contributed by atoms with Crippen LogP contribution in [0.2, 0.25) is 0 Å². The molecular weight excluding hydrogens is 753 g/mol. The molecule has 0 radical (unpaired) electrons. The van der Waals surface area contributed by atoms with Crippen LogP contribution in [0.3, 0.4) is 0 Å². The van der Waals surface area contributed by atoms with Gasteiger partial charge < -0.3 is 38.4 Å². The number of likely N-dealkylation sites (N-methyl/N-ethyl adjacent to an activating group) is 1. The molecule has 0 fully saturated rings. The average molecular weight is 793 g/mol. The Morgan fingerprint density at radius 2 is 1.07 bits per heavy atom. The molecule has 0 amide bonds. The lowest BCUT2D eigenvalue weighted by Crippen LogP contribution is -2.19. The highest BCUT2D eigenvalue weighted by Gasteiger charge is 2.16. The molecule has 8 aromatic rings. The van der Waals surface area contributed by atoms with E-state index < -0.39 is 0 Å². The second-order valence-corrected chi connectivity index (χ2v) is 14.8. The Hall–Kier alpha value is -5.94. The van der Waals surface area contributed by atoms with Crippen molar-refractivity contribution in [2.45, 2.75) is 12.8 Å². The van der Waals surface area contributed by atoms with Crippen molar-refractivity contribution in [1.29, 1.82) is 0 Å². The molecule has 8 rings (SSSR count). The number of fused-ring (bicyclic) bond motifs is 2. The van der Waals surface area contributed by atoms with Gasteiger partial charge >= 0.3 is 0 Å². The highest BCUT2D eigenvalue weighted by Crippen LogP contribution is 2.32. The Balaban J connectivity index is 0.000000172. The topological polar surface area (TPSA) is 170 Å². The minimum absolute atomic E-state index is 0.467. The van der Waals surface area contributed by atoms with Gasteiger partial charge in [0.2, 0.25) is 23.6 Å². The first kappa shape index (κ1) is 38.3. The fraction of sp³-hybridized carbons (Fsp3) is 0.250. The second-order valence-electron chi connectivity index (χ2n) is 12.5. The number of methoxy groups -OCH3 is 2. The minimum atomic E-state index is 0.467. The van der Waals surface area contributed by atoms with Crippen molar-refractivity contribution in [2.75, 3.05) is 54.6 Å². The number of nitrogens with zero attached hydrogens (tertiary/aromatic N) is 7. The molecule has 2 N–H and O–H groups in total. The predicted octanol–water partition coefficient (Wildman–Crippen LogP) is 7.17. The van der Waals surface area contributed by atoms with Gasteiger partial charge in [0.15, 0.2) is 0 Å². The monoisotopic (exact) mass is 792 g/mol. The lowest BCUT2D eigenvalue weighted by atomic mass is 10.2. The minimum Gasteiger partial charge on any atom is -0.494 e. The molecule has 0 aliphatic heterocycles. The van der Waals surface area contributed by atoms with E-state index in [0.29, 0.717) is 56.2 Å². The van der Waals surface area contributed by atoms with Gasteiger partial charge in [-0.15, -0.1) is 43.1 Å². The van der Waals surface area contributed by atoms with Crippen molar-refractivity contribution in [3.63, 3.8) is 0 Å². The third-order valence-corrected chi connectivity index (χ3v) is 10.3. The number of hydrogen-bond donors (Lipinski definition) is 1. The lowest BCUT2D eigenvalue weighted by molar-refractivity contribution is 0.261. The second kappa shape index (κ2) is 18.1. The van der Waals surface area contributed by atoms with Gasteiger partial charge in [-0.25, -0.2) is 9.97 Å². The zero-order valence-corrected chi connectivity index (χ0v) is 32.9. The van der Waals surface area contributed by atoms with Crippen LogP contribution >= 0.6 is 22.7 Å². The van der Waals surface area contributed by atoms with E-state index in [9.17, 15) is 0 Å². The average Bonchev–Trinajstić information content (AvgIpc) is 4.04. The summed E-state index contributed by atoms with van der Waals surface area (Å²) in [5, 5.41) is 18.4.